The fraction of sp³-hybridized carbons (Fsp3) is 0.348. The summed E-state index contributed by atoms with van der Waals surface area (Å²) >= 11 is 0. The molecule has 0 aromatic heterocycles. The highest BCUT2D eigenvalue weighted by Crippen LogP contribution is 2.13. The van der Waals surface area contributed by atoms with Crippen LogP contribution in [0.15, 0.2) is 48.5 Å². The first-order valence-electron chi connectivity index (χ1n) is 9.83. The Morgan fingerprint density at radius 2 is 1.69 bits per heavy atom. The zero-order chi connectivity index (χ0) is 21.2. The monoisotopic (exact) mass is 396 g/mol. The molecule has 0 saturated carbocycles. The minimum absolute atomic E-state index is 0.0935. The summed E-state index contributed by atoms with van der Waals surface area (Å²) in [4.78, 5) is 38.4. The van der Waals surface area contributed by atoms with Crippen LogP contribution < -0.4 is 5.32 Å². The van der Waals surface area contributed by atoms with Crippen LogP contribution in [0, 0.1) is 6.92 Å². The van der Waals surface area contributed by atoms with E-state index in [-0.39, 0.29) is 12.5 Å². The molecule has 6 nitrogen and oxygen atoms in total. The third-order valence-corrected chi connectivity index (χ3v) is 4.52. The van der Waals surface area contributed by atoms with Crippen LogP contribution in [0.3, 0.4) is 0 Å². The lowest BCUT2D eigenvalue weighted by Crippen LogP contribution is -2.40. The van der Waals surface area contributed by atoms with Crippen molar-refractivity contribution in [1.82, 2.24) is 4.90 Å². The van der Waals surface area contributed by atoms with E-state index in [9.17, 15) is 14.4 Å². The summed E-state index contributed by atoms with van der Waals surface area (Å²) in [5, 5.41) is 2.81. The number of benzene rings is 2. The van der Waals surface area contributed by atoms with E-state index in [1.807, 2.05) is 57.2 Å². The highest BCUT2D eigenvalue weighted by molar-refractivity contribution is 5.96. The Morgan fingerprint density at radius 1 is 1.00 bits per heavy atom. The number of nitrogens with zero attached hydrogens (tertiary/aromatic N) is 1. The lowest BCUT2D eigenvalue weighted by Gasteiger charge is -2.21. The Labute approximate surface area is 171 Å². The van der Waals surface area contributed by atoms with Crippen LogP contribution in [0.5, 0.6) is 0 Å². The van der Waals surface area contributed by atoms with E-state index < -0.39 is 18.5 Å². The molecule has 1 N–H and O–H groups in total. The van der Waals surface area contributed by atoms with Gasteiger partial charge in [-0.1, -0.05) is 44.2 Å². The Hall–Kier alpha value is -3.15. The minimum Gasteiger partial charge on any atom is -0.452 e. The summed E-state index contributed by atoms with van der Waals surface area (Å²) < 4.78 is 5.15. The molecule has 0 aliphatic heterocycles. The van der Waals surface area contributed by atoms with Crippen LogP contribution in [0.2, 0.25) is 0 Å². The first-order valence-corrected chi connectivity index (χ1v) is 9.83. The van der Waals surface area contributed by atoms with E-state index in [4.69, 9.17) is 4.74 Å². The molecule has 2 amide bonds. The SMILES string of the molecule is CCCN(CC(=O)Nc1ccccc1C)C(=O)COC(=O)c1ccc(CC)cc1. The first kappa shape index (κ1) is 22.1. The molecule has 0 heterocycles. The number of hydrogen-bond acceptors (Lipinski definition) is 4. The normalized spacial score (nSPS) is 10.3. The van der Waals surface area contributed by atoms with Crippen molar-refractivity contribution in [3.63, 3.8) is 0 Å². The number of hydrogen-bond donors (Lipinski definition) is 1. The number of esters is 1. The van der Waals surface area contributed by atoms with Gasteiger partial charge in [-0.15, -0.1) is 0 Å². The van der Waals surface area contributed by atoms with E-state index >= 15 is 0 Å². The summed E-state index contributed by atoms with van der Waals surface area (Å²) in [6, 6.07) is 14.5. The highest BCUT2D eigenvalue weighted by Gasteiger charge is 2.19. The third kappa shape index (κ3) is 6.75. The van der Waals surface area contributed by atoms with Crippen molar-refractivity contribution in [2.75, 3.05) is 25.0 Å². The molecule has 0 aliphatic carbocycles. The number of ether oxygens (including phenoxy) is 1. The molecule has 0 unspecified atom stereocenters. The summed E-state index contributed by atoms with van der Waals surface area (Å²) in [6.45, 7) is 5.76. The zero-order valence-electron chi connectivity index (χ0n) is 17.2. The maximum Gasteiger partial charge on any atom is 0.338 e. The van der Waals surface area contributed by atoms with Crippen molar-refractivity contribution in [2.45, 2.75) is 33.6 Å². The van der Waals surface area contributed by atoms with Gasteiger partial charge >= 0.3 is 5.97 Å². The lowest BCUT2D eigenvalue weighted by molar-refractivity contribution is -0.137. The van der Waals surface area contributed by atoms with Gasteiger partial charge in [-0.3, -0.25) is 9.59 Å². The van der Waals surface area contributed by atoms with Gasteiger partial charge in [-0.25, -0.2) is 4.79 Å². The van der Waals surface area contributed by atoms with Gasteiger partial charge in [0.05, 0.1) is 12.1 Å². The molecule has 0 fully saturated rings. The lowest BCUT2D eigenvalue weighted by atomic mass is 10.1. The van der Waals surface area contributed by atoms with Gasteiger partial charge in [-0.2, -0.15) is 0 Å². The Morgan fingerprint density at radius 3 is 2.31 bits per heavy atom. The molecule has 0 aliphatic rings. The third-order valence-electron chi connectivity index (χ3n) is 4.52. The van der Waals surface area contributed by atoms with E-state index in [1.54, 1.807) is 12.1 Å². The topological polar surface area (TPSA) is 75.7 Å². The summed E-state index contributed by atoms with van der Waals surface area (Å²) in [6.07, 6.45) is 1.57. The van der Waals surface area contributed by atoms with Crippen molar-refractivity contribution in [2.24, 2.45) is 0 Å². The summed E-state index contributed by atoms with van der Waals surface area (Å²) in [5.41, 5.74) is 3.17. The summed E-state index contributed by atoms with van der Waals surface area (Å²) in [7, 11) is 0. The number of carbonyl (C=O) groups is 3. The first-order chi connectivity index (χ1) is 13.9. The van der Waals surface area contributed by atoms with Gasteiger partial charge in [0.15, 0.2) is 6.61 Å². The van der Waals surface area contributed by atoms with Gasteiger partial charge in [0.2, 0.25) is 5.91 Å². The number of anilines is 1. The van der Waals surface area contributed by atoms with Gasteiger partial charge in [0, 0.05) is 12.2 Å². The average molecular weight is 396 g/mol. The number of rotatable bonds is 9. The molecule has 0 saturated heterocycles. The Bertz CT molecular complexity index is 846. The summed E-state index contributed by atoms with van der Waals surface area (Å²) in [5.74, 6) is -1.24. The smallest absolute Gasteiger partial charge is 0.338 e. The molecule has 2 rings (SSSR count). The van der Waals surface area contributed by atoms with E-state index in [0.717, 1.165) is 17.5 Å². The molecule has 6 heteroatoms. The van der Waals surface area contributed by atoms with Crippen molar-refractivity contribution >= 4 is 23.5 Å². The number of carbonyl (C=O) groups excluding carboxylic acids is 3. The van der Waals surface area contributed by atoms with Crippen molar-refractivity contribution in [3.8, 4) is 0 Å². The highest BCUT2D eigenvalue weighted by atomic mass is 16.5. The second-order valence-corrected chi connectivity index (χ2v) is 6.81. The van der Waals surface area contributed by atoms with Crippen LogP contribution >= 0.6 is 0 Å². The zero-order valence-corrected chi connectivity index (χ0v) is 17.2. The Kier molecular flexibility index (Phi) is 8.40. The number of aryl methyl sites for hydroxylation is 2. The fourth-order valence-electron chi connectivity index (χ4n) is 2.82. The van der Waals surface area contributed by atoms with Gasteiger partial charge in [-0.05, 0) is 49.1 Å². The average Bonchev–Trinajstić information content (AvgIpc) is 2.73. The van der Waals surface area contributed by atoms with Crippen LogP contribution in [-0.4, -0.2) is 42.4 Å². The molecular formula is C23H28N2O4. The minimum atomic E-state index is -0.554. The molecule has 0 bridgehead atoms. The van der Waals surface area contributed by atoms with E-state index in [2.05, 4.69) is 5.32 Å². The second kappa shape index (κ2) is 11.0. The van der Waals surface area contributed by atoms with Crippen molar-refractivity contribution in [1.29, 1.82) is 0 Å². The van der Waals surface area contributed by atoms with Crippen LogP contribution in [0.1, 0.15) is 41.8 Å². The maximum absolute atomic E-state index is 12.5. The van der Waals surface area contributed by atoms with Gasteiger partial charge in [0.25, 0.3) is 5.91 Å². The van der Waals surface area contributed by atoms with E-state index in [0.29, 0.717) is 24.2 Å². The number of amides is 2. The van der Waals surface area contributed by atoms with Crippen LogP contribution in [0.25, 0.3) is 0 Å². The fourth-order valence-corrected chi connectivity index (χ4v) is 2.82. The predicted octanol–water partition coefficient (Wildman–Crippen LogP) is 3.59. The largest absolute Gasteiger partial charge is 0.452 e. The molecule has 0 spiro atoms. The van der Waals surface area contributed by atoms with E-state index in [1.165, 1.54) is 4.90 Å². The molecular weight excluding hydrogens is 368 g/mol. The van der Waals surface area contributed by atoms with Crippen molar-refractivity contribution < 1.29 is 19.1 Å². The quantitative estimate of drug-likeness (QED) is 0.657. The Balaban J connectivity index is 1.91. The molecule has 154 valence electrons. The number of nitrogens with one attached hydrogen (secondary N) is 1. The predicted molar refractivity (Wildman–Crippen MR) is 113 cm³/mol. The molecule has 29 heavy (non-hydrogen) atoms. The van der Waals surface area contributed by atoms with Crippen molar-refractivity contribution in [3.05, 3.63) is 65.2 Å². The van der Waals surface area contributed by atoms with Gasteiger partial charge < -0.3 is 15.0 Å². The maximum atomic E-state index is 12.5. The second-order valence-electron chi connectivity index (χ2n) is 6.81. The number of para-hydroxylation sites is 1. The molecule has 0 radical (unpaired) electrons. The molecule has 0 atom stereocenters. The molecule has 2 aromatic carbocycles. The van der Waals surface area contributed by atoms with Crippen LogP contribution in [-0.2, 0) is 20.7 Å². The standard InChI is InChI=1S/C23H28N2O4/c1-4-14-25(15-21(26)24-20-9-7-6-8-17(20)3)22(27)16-29-23(28)19-12-10-18(5-2)11-13-19/h6-13H,4-5,14-16H2,1-3H3,(H,24,26). The molecule has 2 aromatic rings. The van der Waals surface area contributed by atoms with Gasteiger partial charge in [0.1, 0.15) is 0 Å². The van der Waals surface area contributed by atoms with Crippen LogP contribution in [0.4, 0.5) is 5.69 Å².